The Bertz CT molecular complexity index is 898. The maximum Gasteiger partial charge on any atom is 0.408 e. The highest BCUT2D eigenvalue weighted by molar-refractivity contribution is 5.91. The maximum absolute atomic E-state index is 13.9. The molecule has 1 aliphatic rings. The molecule has 3 amide bonds. The van der Waals surface area contributed by atoms with Crippen LogP contribution in [0.4, 0.5) is 4.79 Å². The zero-order valence-corrected chi connectivity index (χ0v) is 22.9. The lowest BCUT2D eigenvalue weighted by Gasteiger charge is -2.44. The van der Waals surface area contributed by atoms with Crippen LogP contribution in [0.5, 0.6) is 0 Å². The highest BCUT2D eigenvalue weighted by Gasteiger charge is 2.41. The Labute approximate surface area is 211 Å². The number of nitrogens with one attached hydrogen (secondary N) is 2. The topological polar surface area (TPSA) is 87.7 Å². The van der Waals surface area contributed by atoms with Crippen LogP contribution in [-0.2, 0) is 14.3 Å². The molecule has 0 spiro atoms. The number of carbonyl (C=O) groups excluding carboxylic acids is 3. The fraction of sp³-hybridized carbons (Fsp3) is 0.679. The molecule has 35 heavy (non-hydrogen) atoms. The third-order valence-electron chi connectivity index (χ3n) is 6.76. The number of hydrogen-bond donors (Lipinski definition) is 2. The number of aryl methyl sites for hydroxylation is 2. The van der Waals surface area contributed by atoms with Gasteiger partial charge in [0, 0.05) is 11.6 Å². The molecule has 7 heteroatoms. The van der Waals surface area contributed by atoms with Gasteiger partial charge in [0.05, 0.1) is 0 Å². The van der Waals surface area contributed by atoms with Crippen LogP contribution in [0.25, 0.3) is 0 Å². The third kappa shape index (κ3) is 8.25. The first kappa shape index (κ1) is 28.7. The van der Waals surface area contributed by atoms with Gasteiger partial charge in [0.25, 0.3) is 0 Å². The van der Waals surface area contributed by atoms with Crippen LogP contribution in [0.2, 0.25) is 0 Å². The quantitative estimate of drug-likeness (QED) is 0.518. The van der Waals surface area contributed by atoms with Crippen molar-refractivity contribution in [1.29, 1.82) is 0 Å². The van der Waals surface area contributed by atoms with Gasteiger partial charge in [-0.15, -0.1) is 0 Å². The van der Waals surface area contributed by atoms with Gasteiger partial charge in [0.15, 0.2) is 0 Å². The van der Waals surface area contributed by atoms with Crippen molar-refractivity contribution in [3.05, 3.63) is 34.9 Å². The first-order chi connectivity index (χ1) is 16.2. The average molecular weight is 488 g/mol. The van der Waals surface area contributed by atoms with Crippen molar-refractivity contribution in [1.82, 2.24) is 15.5 Å². The summed E-state index contributed by atoms with van der Waals surface area (Å²) in [5.41, 5.74) is 1.48. The standard InChI is InChI=1S/C28H45N3O4/c1-9-28(7,8)31(23(32)18-29-26(34)35-27(4,5)6)24(22-17-19(2)15-16-20(22)3)25(33)30-21-13-11-10-12-14-21/h15-17,21,24H,9-14,18H2,1-8H3,(H,29,34)(H,30,33). The van der Waals surface area contributed by atoms with Crippen molar-refractivity contribution in [2.45, 2.75) is 117 Å². The zero-order valence-electron chi connectivity index (χ0n) is 22.9. The molecule has 0 aromatic heterocycles. The molecule has 2 rings (SSSR count). The van der Waals surface area contributed by atoms with E-state index in [9.17, 15) is 14.4 Å². The molecule has 1 atom stereocenters. The first-order valence-electron chi connectivity index (χ1n) is 12.9. The molecule has 196 valence electrons. The Balaban J connectivity index is 2.44. The Hall–Kier alpha value is -2.57. The average Bonchev–Trinajstić information content (AvgIpc) is 2.77. The lowest BCUT2D eigenvalue weighted by atomic mass is 9.89. The van der Waals surface area contributed by atoms with Crippen molar-refractivity contribution in [2.24, 2.45) is 0 Å². The number of ether oxygens (including phenoxy) is 1. The van der Waals surface area contributed by atoms with E-state index in [1.54, 1.807) is 25.7 Å². The molecule has 1 unspecified atom stereocenters. The molecule has 0 saturated heterocycles. The van der Waals surface area contributed by atoms with Crippen LogP contribution in [0.15, 0.2) is 18.2 Å². The van der Waals surface area contributed by atoms with Crippen LogP contribution in [0, 0.1) is 13.8 Å². The van der Waals surface area contributed by atoms with Crippen LogP contribution < -0.4 is 10.6 Å². The van der Waals surface area contributed by atoms with Gasteiger partial charge in [-0.1, -0.05) is 49.9 Å². The number of amides is 3. The highest BCUT2D eigenvalue weighted by atomic mass is 16.6. The van der Waals surface area contributed by atoms with Gasteiger partial charge in [0.1, 0.15) is 18.2 Å². The lowest BCUT2D eigenvalue weighted by Crippen LogP contribution is -2.57. The molecule has 1 fully saturated rings. The van der Waals surface area contributed by atoms with Gasteiger partial charge in [0.2, 0.25) is 11.8 Å². The van der Waals surface area contributed by atoms with Gasteiger partial charge in [-0.05, 0) is 78.9 Å². The first-order valence-corrected chi connectivity index (χ1v) is 12.9. The summed E-state index contributed by atoms with van der Waals surface area (Å²) in [6.07, 6.45) is 5.28. The Kier molecular flexibility index (Phi) is 9.76. The molecular weight excluding hydrogens is 442 g/mol. The second kappa shape index (κ2) is 11.9. The van der Waals surface area contributed by atoms with Crippen LogP contribution >= 0.6 is 0 Å². The van der Waals surface area contributed by atoms with E-state index in [4.69, 9.17) is 4.74 Å². The minimum absolute atomic E-state index is 0.116. The van der Waals surface area contributed by atoms with Crippen LogP contribution in [0.1, 0.15) is 103 Å². The molecule has 2 N–H and O–H groups in total. The SMILES string of the molecule is CCC(C)(C)N(C(=O)CNC(=O)OC(C)(C)C)C(C(=O)NC1CCCCC1)c1cc(C)ccc1C. The third-order valence-corrected chi connectivity index (χ3v) is 6.76. The van der Waals surface area contributed by atoms with E-state index < -0.39 is 23.3 Å². The van der Waals surface area contributed by atoms with Crippen LogP contribution in [-0.4, -0.2) is 46.5 Å². The zero-order chi connectivity index (χ0) is 26.4. The molecule has 0 radical (unpaired) electrons. The number of hydrogen-bond acceptors (Lipinski definition) is 4. The second-order valence-electron chi connectivity index (χ2n) is 11.4. The van der Waals surface area contributed by atoms with Gasteiger partial charge < -0.3 is 20.3 Å². The van der Waals surface area contributed by atoms with Gasteiger partial charge >= 0.3 is 6.09 Å². The van der Waals surface area contributed by atoms with Crippen molar-refractivity contribution >= 4 is 17.9 Å². The van der Waals surface area contributed by atoms with E-state index in [0.29, 0.717) is 6.42 Å². The highest BCUT2D eigenvalue weighted by Crippen LogP contribution is 2.34. The summed E-state index contributed by atoms with van der Waals surface area (Å²) in [6, 6.07) is 5.31. The second-order valence-corrected chi connectivity index (χ2v) is 11.4. The van der Waals surface area contributed by atoms with Crippen molar-refractivity contribution in [3.63, 3.8) is 0 Å². The summed E-state index contributed by atoms with van der Waals surface area (Å²) in [6.45, 7) is 14.9. The molecule has 1 aliphatic carbocycles. The van der Waals surface area contributed by atoms with E-state index in [-0.39, 0.29) is 24.4 Å². The molecule has 7 nitrogen and oxygen atoms in total. The fourth-order valence-electron chi connectivity index (χ4n) is 4.53. The molecule has 1 aromatic carbocycles. The summed E-state index contributed by atoms with van der Waals surface area (Å²) >= 11 is 0. The van der Waals surface area contributed by atoms with E-state index in [1.165, 1.54) is 6.42 Å². The van der Waals surface area contributed by atoms with E-state index in [1.807, 2.05) is 52.8 Å². The van der Waals surface area contributed by atoms with E-state index in [0.717, 1.165) is 42.4 Å². The molecule has 1 aromatic rings. The monoisotopic (exact) mass is 487 g/mol. The summed E-state index contributed by atoms with van der Waals surface area (Å²) in [5.74, 6) is -0.495. The Morgan fingerprint density at radius 3 is 2.26 bits per heavy atom. The predicted octanol–water partition coefficient (Wildman–Crippen LogP) is 5.34. The van der Waals surface area contributed by atoms with E-state index in [2.05, 4.69) is 10.6 Å². The van der Waals surface area contributed by atoms with Crippen LogP contribution in [0.3, 0.4) is 0 Å². The number of nitrogens with zero attached hydrogens (tertiary/aromatic N) is 1. The van der Waals surface area contributed by atoms with Crippen molar-refractivity contribution in [2.75, 3.05) is 6.54 Å². The molecule has 0 heterocycles. The summed E-state index contributed by atoms with van der Waals surface area (Å²) < 4.78 is 5.31. The maximum atomic E-state index is 13.9. The summed E-state index contributed by atoms with van der Waals surface area (Å²) in [5, 5.41) is 5.83. The van der Waals surface area contributed by atoms with E-state index >= 15 is 0 Å². The molecular formula is C28H45N3O4. The number of benzene rings is 1. The minimum atomic E-state index is -0.806. The van der Waals surface area contributed by atoms with Gasteiger partial charge in [-0.25, -0.2) is 4.79 Å². The minimum Gasteiger partial charge on any atom is -0.444 e. The normalized spacial score (nSPS) is 15.8. The Morgan fingerprint density at radius 2 is 1.69 bits per heavy atom. The van der Waals surface area contributed by atoms with Crippen molar-refractivity contribution in [3.8, 4) is 0 Å². The molecule has 1 saturated carbocycles. The smallest absolute Gasteiger partial charge is 0.408 e. The number of alkyl carbamates (subject to hydrolysis) is 1. The van der Waals surface area contributed by atoms with Crippen molar-refractivity contribution < 1.29 is 19.1 Å². The molecule has 0 bridgehead atoms. The largest absolute Gasteiger partial charge is 0.444 e. The fourth-order valence-corrected chi connectivity index (χ4v) is 4.53. The molecule has 0 aliphatic heterocycles. The Morgan fingerprint density at radius 1 is 1.06 bits per heavy atom. The van der Waals surface area contributed by atoms with Gasteiger partial charge in [-0.3, -0.25) is 9.59 Å². The summed E-state index contributed by atoms with van der Waals surface area (Å²) in [7, 11) is 0. The number of rotatable bonds is 8. The predicted molar refractivity (Wildman–Crippen MR) is 139 cm³/mol. The summed E-state index contributed by atoms with van der Waals surface area (Å²) in [4.78, 5) is 41.5. The number of carbonyl (C=O) groups is 3. The lowest BCUT2D eigenvalue weighted by molar-refractivity contribution is -0.147. The van der Waals surface area contributed by atoms with Gasteiger partial charge in [-0.2, -0.15) is 0 Å².